The van der Waals surface area contributed by atoms with E-state index in [0.29, 0.717) is 10.9 Å². The molecule has 0 saturated heterocycles. The fourth-order valence-corrected chi connectivity index (χ4v) is 2.74. The molecule has 2 N–H and O–H groups in total. The third-order valence-electron chi connectivity index (χ3n) is 2.34. The lowest BCUT2D eigenvalue weighted by Crippen LogP contribution is -2.30. The van der Waals surface area contributed by atoms with Gasteiger partial charge in [0.1, 0.15) is 0 Å². The van der Waals surface area contributed by atoms with Crippen LogP contribution in [0.15, 0.2) is 29.2 Å². The number of benzene rings is 1. The third kappa shape index (κ3) is 4.76. The Hall–Kier alpha value is -0.910. The largest absolute Gasteiger partial charge is 0.310 e. The van der Waals surface area contributed by atoms with Gasteiger partial charge >= 0.3 is 0 Å². The highest BCUT2D eigenvalue weighted by molar-refractivity contribution is 7.89. The standard InChI is InChI=1S/C13H22N2O2S/c1-10(2)14-9-12-5-7-13(8-6-12)18(16,17)15-11(3)4/h5-8,10-11,14-15H,9H2,1-4H3. The topological polar surface area (TPSA) is 58.2 Å². The van der Waals surface area contributed by atoms with Gasteiger partial charge in [0.25, 0.3) is 0 Å². The van der Waals surface area contributed by atoms with Gasteiger partial charge in [0.2, 0.25) is 10.0 Å². The van der Waals surface area contributed by atoms with Crippen LogP contribution in [-0.2, 0) is 16.6 Å². The Bertz CT molecular complexity index is 464. The van der Waals surface area contributed by atoms with E-state index in [1.165, 1.54) is 0 Å². The molecule has 0 bridgehead atoms. The summed E-state index contributed by atoms with van der Waals surface area (Å²) in [5.74, 6) is 0. The molecular weight excluding hydrogens is 248 g/mol. The molecule has 0 unspecified atom stereocenters. The average Bonchev–Trinajstić information content (AvgIpc) is 2.25. The molecule has 0 saturated carbocycles. The lowest BCUT2D eigenvalue weighted by Gasteiger charge is -2.11. The number of hydrogen-bond acceptors (Lipinski definition) is 3. The Morgan fingerprint density at radius 3 is 2.00 bits per heavy atom. The van der Waals surface area contributed by atoms with Gasteiger partial charge in [-0.25, -0.2) is 13.1 Å². The molecule has 102 valence electrons. The molecule has 1 rings (SSSR count). The van der Waals surface area contributed by atoms with Gasteiger partial charge in [0.15, 0.2) is 0 Å². The van der Waals surface area contributed by atoms with Crippen molar-refractivity contribution in [2.75, 3.05) is 0 Å². The second kappa shape index (κ2) is 6.31. The lowest BCUT2D eigenvalue weighted by atomic mass is 10.2. The molecule has 0 heterocycles. The van der Waals surface area contributed by atoms with E-state index in [-0.39, 0.29) is 6.04 Å². The maximum atomic E-state index is 11.9. The van der Waals surface area contributed by atoms with E-state index in [9.17, 15) is 8.42 Å². The smallest absolute Gasteiger partial charge is 0.240 e. The fourth-order valence-electron chi connectivity index (χ4n) is 1.49. The molecule has 0 amide bonds. The highest BCUT2D eigenvalue weighted by Gasteiger charge is 2.14. The number of rotatable bonds is 6. The summed E-state index contributed by atoms with van der Waals surface area (Å²) >= 11 is 0. The minimum atomic E-state index is -3.38. The molecule has 0 radical (unpaired) electrons. The number of nitrogens with one attached hydrogen (secondary N) is 2. The Morgan fingerprint density at radius 1 is 1.00 bits per heavy atom. The van der Waals surface area contributed by atoms with Crippen molar-refractivity contribution in [3.8, 4) is 0 Å². The van der Waals surface area contributed by atoms with Crippen LogP contribution < -0.4 is 10.0 Å². The van der Waals surface area contributed by atoms with Crippen LogP contribution in [0.1, 0.15) is 33.3 Å². The molecule has 5 heteroatoms. The van der Waals surface area contributed by atoms with Crippen LogP contribution in [0.25, 0.3) is 0 Å². The monoisotopic (exact) mass is 270 g/mol. The van der Waals surface area contributed by atoms with Crippen LogP contribution in [0.3, 0.4) is 0 Å². The SMILES string of the molecule is CC(C)NCc1ccc(S(=O)(=O)NC(C)C)cc1. The first kappa shape index (κ1) is 15.1. The quantitative estimate of drug-likeness (QED) is 0.829. The van der Waals surface area contributed by atoms with Crippen LogP contribution in [0.4, 0.5) is 0 Å². The zero-order valence-electron chi connectivity index (χ0n) is 11.4. The zero-order valence-corrected chi connectivity index (χ0v) is 12.2. The number of sulfonamides is 1. The summed E-state index contributed by atoms with van der Waals surface area (Å²) in [4.78, 5) is 0.310. The summed E-state index contributed by atoms with van der Waals surface area (Å²) in [5.41, 5.74) is 1.08. The first-order valence-electron chi connectivity index (χ1n) is 6.16. The minimum absolute atomic E-state index is 0.0997. The van der Waals surface area contributed by atoms with E-state index < -0.39 is 10.0 Å². The summed E-state index contributed by atoms with van der Waals surface area (Å²) in [6.45, 7) is 8.50. The van der Waals surface area contributed by atoms with Gasteiger partial charge in [-0.2, -0.15) is 0 Å². The van der Waals surface area contributed by atoms with E-state index >= 15 is 0 Å². The van der Waals surface area contributed by atoms with Crippen molar-refractivity contribution in [3.63, 3.8) is 0 Å². The van der Waals surface area contributed by atoms with Gasteiger partial charge < -0.3 is 5.32 Å². The predicted molar refractivity (Wildman–Crippen MR) is 73.9 cm³/mol. The third-order valence-corrected chi connectivity index (χ3v) is 4.01. The summed E-state index contributed by atoms with van der Waals surface area (Å²) in [6, 6.07) is 7.27. The van der Waals surface area contributed by atoms with Crippen LogP contribution in [-0.4, -0.2) is 20.5 Å². The molecule has 1 aromatic carbocycles. The summed E-state index contributed by atoms with van der Waals surface area (Å²) in [5, 5.41) is 3.29. The van der Waals surface area contributed by atoms with Crippen molar-refractivity contribution in [2.45, 2.75) is 51.2 Å². The van der Waals surface area contributed by atoms with E-state index in [0.717, 1.165) is 12.1 Å². The van der Waals surface area contributed by atoms with Gasteiger partial charge in [-0.05, 0) is 31.5 Å². The molecular formula is C13H22N2O2S. The van der Waals surface area contributed by atoms with E-state index in [4.69, 9.17) is 0 Å². The summed E-state index contributed by atoms with van der Waals surface area (Å²) in [6.07, 6.45) is 0. The van der Waals surface area contributed by atoms with Gasteiger partial charge in [0, 0.05) is 18.6 Å². The normalized spacial score (nSPS) is 12.3. The Balaban J connectivity index is 2.76. The Kier molecular flexibility index (Phi) is 5.31. The minimum Gasteiger partial charge on any atom is -0.310 e. The molecule has 4 nitrogen and oxygen atoms in total. The van der Waals surface area contributed by atoms with Gasteiger partial charge in [-0.3, -0.25) is 0 Å². The predicted octanol–water partition coefficient (Wildman–Crippen LogP) is 1.87. The van der Waals surface area contributed by atoms with Crippen molar-refractivity contribution in [1.82, 2.24) is 10.0 Å². The van der Waals surface area contributed by atoms with Crippen LogP contribution in [0, 0.1) is 0 Å². The Morgan fingerprint density at radius 2 is 1.56 bits per heavy atom. The molecule has 0 aliphatic heterocycles. The van der Waals surface area contributed by atoms with Gasteiger partial charge in [0.05, 0.1) is 4.90 Å². The van der Waals surface area contributed by atoms with Crippen molar-refractivity contribution in [3.05, 3.63) is 29.8 Å². The highest BCUT2D eigenvalue weighted by atomic mass is 32.2. The molecule has 1 aromatic rings. The summed E-state index contributed by atoms with van der Waals surface area (Å²) < 4.78 is 26.3. The van der Waals surface area contributed by atoms with Crippen LogP contribution >= 0.6 is 0 Å². The Labute approximate surface area is 110 Å². The van der Waals surface area contributed by atoms with E-state index in [1.807, 2.05) is 12.1 Å². The lowest BCUT2D eigenvalue weighted by molar-refractivity contribution is 0.569. The maximum Gasteiger partial charge on any atom is 0.240 e. The first-order chi connectivity index (χ1) is 8.31. The maximum absolute atomic E-state index is 11.9. The molecule has 0 atom stereocenters. The van der Waals surface area contributed by atoms with Gasteiger partial charge in [-0.15, -0.1) is 0 Å². The second-order valence-corrected chi connectivity index (χ2v) is 6.67. The second-order valence-electron chi connectivity index (χ2n) is 4.96. The van der Waals surface area contributed by atoms with E-state index in [1.54, 1.807) is 26.0 Å². The van der Waals surface area contributed by atoms with Crippen molar-refractivity contribution >= 4 is 10.0 Å². The fraction of sp³-hybridized carbons (Fsp3) is 0.538. The van der Waals surface area contributed by atoms with Crippen LogP contribution in [0.2, 0.25) is 0 Å². The van der Waals surface area contributed by atoms with E-state index in [2.05, 4.69) is 23.9 Å². The first-order valence-corrected chi connectivity index (χ1v) is 7.64. The van der Waals surface area contributed by atoms with Crippen molar-refractivity contribution < 1.29 is 8.42 Å². The van der Waals surface area contributed by atoms with Crippen LogP contribution in [0.5, 0.6) is 0 Å². The van der Waals surface area contributed by atoms with Crippen molar-refractivity contribution in [1.29, 1.82) is 0 Å². The molecule has 0 aromatic heterocycles. The zero-order chi connectivity index (χ0) is 13.8. The molecule has 0 aliphatic carbocycles. The van der Waals surface area contributed by atoms with Crippen molar-refractivity contribution in [2.24, 2.45) is 0 Å². The summed E-state index contributed by atoms with van der Waals surface area (Å²) in [7, 11) is -3.38. The average molecular weight is 270 g/mol. The molecule has 0 fully saturated rings. The molecule has 0 spiro atoms. The molecule has 18 heavy (non-hydrogen) atoms. The van der Waals surface area contributed by atoms with Gasteiger partial charge in [-0.1, -0.05) is 26.0 Å². The molecule has 0 aliphatic rings. The number of hydrogen-bond donors (Lipinski definition) is 2. The highest BCUT2D eigenvalue weighted by Crippen LogP contribution is 2.11.